The van der Waals surface area contributed by atoms with Gasteiger partial charge in [0.15, 0.2) is 0 Å². The van der Waals surface area contributed by atoms with Crippen LogP contribution in [0, 0.1) is 0 Å². The lowest BCUT2D eigenvalue weighted by atomic mass is 9.86. The van der Waals surface area contributed by atoms with E-state index in [9.17, 15) is 25.2 Å². The largest absolute Gasteiger partial charge is 0.481 e. The number of likely N-dealkylation sites (tertiary alicyclic amines) is 1. The van der Waals surface area contributed by atoms with E-state index < -0.39 is 43.0 Å². The topological polar surface area (TPSA) is 121 Å². The number of nitrogens with zero attached hydrogens (tertiary/aromatic N) is 1. The second kappa shape index (κ2) is 6.44. The molecule has 0 aliphatic carbocycles. The second-order valence-electron chi connectivity index (χ2n) is 4.62. The summed E-state index contributed by atoms with van der Waals surface area (Å²) >= 11 is 0. The molecule has 0 spiro atoms. The Balaban J connectivity index is 2.96. The standard InChI is InChI=1S/C11H21NO6/c1-2-3-12-6(4-8(14)15)9(16)11(18)10(17)7(12)5-13/h6-7,9-11,13,16-18H,2-5H2,1H3,(H,14,15)/t6-,7-,9-,10+,11+/m0/s1. The van der Waals surface area contributed by atoms with E-state index in [1.807, 2.05) is 6.92 Å². The zero-order valence-electron chi connectivity index (χ0n) is 10.3. The number of carboxylic acids is 1. The first-order chi connectivity index (χ1) is 8.43. The highest BCUT2D eigenvalue weighted by molar-refractivity contribution is 5.67. The van der Waals surface area contributed by atoms with E-state index in [4.69, 9.17) is 5.11 Å². The molecule has 0 aromatic rings. The van der Waals surface area contributed by atoms with Gasteiger partial charge in [-0.2, -0.15) is 0 Å². The first kappa shape index (κ1) is 15.3. The van der Waals surface area contributed by atoms with Crippen LogP contribution in [0.25, 0.3) is 0 Å². The number of carbonyl (C=O) groups is 1. The highest BCUT2D eigenvalue weighted by Crippen LogP contribution is 2.26. The molecule has 106 valence electrons. The minimum Gasteiger partial charge on any atom is -0.481 e. The molecule has 1 heterocycles. The maximum Gasteiger partial charge on any atom is 0.305 e. The normalized spacial score (nSPS) is 37.7. The highest BCUT2D eigenvalue weighted by atomic mass is 16.4. The molecule has 18 heavy (non-hydrogen) atoms. The first-order valence-electron chi connectivity index (χ1n) is 6.06. The van der Waals surface area contributed by atoms with Crippen molar-refractivity contribution in [1.29, 1.82) is 0 Å². The number of aliphatic hydroxyl groups is 4. The molecule has 1 aliphatic rings. The lowest BCUT2D eigenvalue weighted by Crippen LogP contribution is -2.67. The smallest absolute Gasteiger partial charge is 0.305 e. The van der Waals surface area contributed by atoms with Crippen molar-refractivity contribution in [2.75, 3.05) is 13.2 Å². The Morgan fingerprint density at radius 2 is 1.67 bits per heavy atom. The van der Waals surface area contributed by atoms with E-state index in [2.05, 4.69) is 0 Å². The first-order valence-corrected chi connectivity index (χ1v) is 6.06. The van der Waals surface area contributed by atoms with Crippen LogP contribution in [0.15, 0.2) is 0 Å². The third kappa shape index (κ3) is 2.99. The van der Waals surface area contributed by atoms with E-state index in [0.29, 0.717) is 13.0 Å². The average molecular weight is 263 g/mol. The van der Waals surface area contributed by atoms with Crippen molar-refractivity contribution in [2.45, 2.75) is 50.2 Å². The van der Waals surface area contributed by atoms with Crippen molar-refractivity contribution in [2.24, 2.45) is 0 Å². The number of hydrogen-bond donors (Lipinski definition) is 5. The van der Waals surface area contributed by atoms with Crippen LogP contribution in [0.2, 0.25) is 0 Å². The van der Waals surface area contributed by atoms with E-state index in [0.717, 1.165) is 0 Å². The van der Waals surface area contributed by atoms with Gasteiger partial charge in [-0.3, -0.25) is 9.69 Å². The monoisotopic (exact) mass is 263 g/mol. The molecule has 0 unspecified atom stereocenters. The van der Waals surface area contributed by atoms with E-state index in [-0.39, 0.29) is 6.42 Å². The van der Waals surface area contributed by atoms with Gasteiger partial charge in [0.05, 0.1) is 25.2 Å². The number of aliphatic carboxylic acids is 1. The van der Waals surface area contributed by atoms with Crippen molar-refractivity contribution in [3.8, 4) is 0 Å². The maximum absolute atomic E-state index is 10.8. The molecule has 1 rings (SSSR count). The van der Waals surface area contributed by atoms with E-state index in [1.165, 1.54) is 0 Å². The Hall–Kier alpha value is -0.730. The number of hydrogen-bond acceptors (Lipinski definition) is 6. The van der Waals surface area contributed by atoms with Gasteiger partial charge in [0.2, 0.25) is 0 Å². The molecular formula is C11H21NO6. The molecule has 7 nitrogen and oxygen atoms in total. The number of aliphatic hydroxyl groups excluding tert-OH is 4. The van der Waals surface area contributed by atoms with Crippen molar-refractivity contribution in [1.82, 2.24) is 4.90 Å². The Morgan fingerprint density at radius 1 is 1.11 bits per heavy atom. The van der Waals surface area contributed by atoms with Gasteiger partial charge in [0.25, 0.3) is 0 Å². The molecule has 0 aromatic carbocycles. The summed E-state index contributed by atoms with van der Waals surface area (Å²) in [5.74, 6) is -1.10. The maximum atomic E-state index is 10.8. The van der Waals surface area contributed by atoms with Crippen LogP contribution in [0.4, 0.5) is 0 Å². The third-order valence-corrected chi connectivity index (χ3v) is 3.39. The van der Waals surface area contributed by atoms with Crippen LogP contribution in [0.3, 0.4) is 0 Å². The van der Waals surface area contributed by atoms with Crippen molar-refractivity contribution >= 4 is 5.97 Å². The predicted molar refractivity (Wildman–Crippen MR) is 61.9 cm³/mol. The minimum absolute atomic E-state index is 0.346. The Morgan fingerprint density at radius 3 is 2.11 bits per heavy atom. The summed E-state index contributed by atoms with van der Waals surface area (Å²) < 4.78 is 0. The summed E-state index contributed by atoms with van der Waals surface area (Å²) in [6, 6.07) is -1.56. The molecule has 0 radical (unpaired) electrons. The molecule has 0 amide bonds. The molecular weight excluding hydrogens is 242 g/mol. The van der Waals surface area contributed by atoms with Crippen LogP contribution in [-0.2, 0) is 4.79 Å². The lowest BCUT2D eigenvalue weighted by Gasteiger charge is -2.48. The van der Waals surface area contributed by atoms with Crippen molar-refractivity contribution < 1.29 is 30.3 Å². The summed E-state index contributed by atoms with van der Waals surface area (Å²) in [5.41, 5.74) is 0. The highest BCUT2D eigenvalue weighted by Gasteiger charge is 2.47. The summed E-state index contributed by atoms with van der Waals surface area (Å²) in [5, 5.41) is 47.5. The van der Waals surface area contributed by atoms with Gasteiger partial charge in [0, 0.05) is 6.04 Å². The minimum atomic E-state index is -1.44. The van der Waals surface area contributed by atoms with Crippen LogP contribution < -0.4 is 0 Å². The van der Waals surface area contributed by atoms with Crippen LogP contribution in [0.5, 0.6) is 0 Å². The molecule has 1 saturated heterocycles. The zero-order valence-corrected chi connectivity index (χ0v) is 10.3. The summed E-state index contributed by atoms with van der Waals surface area (Å²) in [6.07, 6.45) is -3.74. The predicted octanol–water partition coefficient (Wildman–Crippen LogP) is -2.00. The summed E-state index contributed by atoms with van der Waals surface area (Å²) in [4.78, 5) is 12.4. The van der Waals surface area contributed by atoms with Gasteiger partial charge >= 0.3 is 5.97 Å². The van der Waals surface area contributed by atoms with Crippen LogP contribution in [-0.4, -0.2) is 79.9 Å². The Kier molecular flexibility index (Phi) is 5.48. The van der Waals surface area contributed by atoms with Crippen LogP contribution in [0.1, 0.15) is 19.8 Å². The van der Waals surface area contributed by atoms with Gasteiger partial charge in [-0.25, -0.2) is 0 Å². The van der Waals surface area contributed by atoms with Crippen molar-refractivity contribution in [3.05, 3.63) is 0 Å². The van der Waals surface area contributed by atoms with Crippen LogP contribution >= 0.6 is 0 Å². The molecule has 5 atom stereocenters. The van der Waals surface area contributed by atoms with E-state index >= 15 is 0 Å². The average Bonchev–Trinajstić information content (AvgIpc) is 2.32. The molecule has 1 fully saturated rings. The SMILES string of the molecule is CCCN1[C@@H](CC(=O)O)[C@H](O)[C@@H](O)[C@H](O)[C@@H]1CO. The summed E-state index contributed by atoms with van der Waals surface area (Å²) in [6.45, 7) is 1.90. The van der Waals surface area contributed by atoms with Gasteiger partial charge in [-0.05, 0) is 13.0 Å². The fourth-order valence-corrected chi connectivity index (χ4v) is 2.52. The zero-order chi connectivity index (χ0) is 13.9. The molecule has 0 aromatic heterocycles. The molecule has 1 aliphatic heterocycles. The Labute approximate surface area is 105 Å². The fraction of sp³-hybridized carbons (Fsp3) is 0.909. The van der Waals surface area contributed by atoms with E-state index in [1.54, 1.807) is 4.90 Å². The number of carboxylic acid groups (broad SMARTS) is 1. The molecule has 7 heteroatoms. The number of rotatable bonds is 5. The summed E-state index contributed by atoms with van der Waals surface area (Å²) in [7, 11) is 0. The van der Waals surface area contributed by atoms with Crippen molar-refractivity contribution in [3.63, 3.8) is 0 Å². The molecule has 0 bridgehead atoms. The van der Waals surface area contributed by atoms with Gasteiger partial charge < -0.3 is 25.5 Å². The second-order valence-corrected chi connectivity index (χ2v) is 4.62. The Bertz CT molecular complexity index is 287. The third-order valence-electron chi connectivity index (χ3n) is 3.39. The fourth-order valence-electron chi connectivity index (χ4n) is 2.52. The van der Waals surface area contributed by atoms with Gasteiger partial charge in [0.1, 0.15) is 12.2 Å². The quantitative estimate of drug-likeness (QED) is 0.389. The van der Waals surface area contributed by atoms with Gasteiger partial charge in [-0.1, -0.05) is 6.92 Å². The lowest BCUT2D eigenvalue weighted by molar-refractivity contribution is -0.177. The molecule has 0 saturated carbocycles. The van der Waals surface area contributed by atoms with Gasteiger partial charge in [-0.15, -0.1) is 0 Å². The number of piperidine rings is 1. The molecule has 5 N–H and O–H groups in total.